The fourth-order valence-corrected chi connectivity index (χ4v) is 2.36. The van der Waals surface area contributed by atoms with Crippen LogP contribution in [0.5, 0.6) is 5.75 Å². The Morgan fingerprint density at radius 3 is 2.89 bits per heavy atom. The number of ether oxygens (including phenoxy) is 1. The molecule has 6 heteroatoms. The molecule has 1 rings (SSSR count). The molecule has 100 valence electrons. The average Bonchev–Trinajstić information content (AvgIpc) is 2.38. The van der Waals surface area contributed by atoms with Crippen LogP contribution in [0.25, 0.3) is 0 Å². The van der Waals surface area contributed by atoms with Crippen molar-refractivity contribution in [1.82, 2.24) is 0 Å². The minimum absolute atomic E-state index is 0.0371. The molecule has 0 amide bonds. The molecule has 0 unspecified atom stereocenters. The number of thioether (sulfide) groups is 1. The van der Waals surface area contributed by atoms with E-state index < -0.39 is 4.92 Å². The van der Waals surface area contributed by atoms with Gasteiger partial charge in [-0.25, -0.2) is 0 Å². The van der Waals surface area contributed by atoms with Gasteiger partial charge in [0.1, 0.15) is 0 Å². The summed E-state index contributed by atoms with van der Waals surface area (Å²) in [5.41, 5.74) is 0.908. The lowest BCUT2D eigenvalue weighted by Gasteiger charge is -2.07. The van der Waals surface area contributed by atoms with Gasteiger partial charge in [-0.15, -0.1) is 0 Å². The normalized spacial score (nSPS) is 10.3. The third kappa shape index (κ3) is 4.86. The van der Waals surface area contributed by atoms with E-state index in [4.69, 9.17) is 4.74 Å². The molecular formula is C12H16BrNO3S. The predicted octanol–water partition coefficient (Wildman–Crippen LogP) is 4.01. The van der Waals surface area contributed by atoms with Gasteiger partial charge in [0, 0.05) is 11.4 Å². The van der Waals surface area contributed by atoms with Crippen LogP contribution in [0.15, 0.2) is 18.2 Å². The number of hydrogen-bond acceptors (Lipinski definition) is 4. The molecule has 0 radical (unpaired) electrons. The Morgan fingerprint density at radius 1 is 1.50 bits per heavy atom. The Hall–Kier alpha value is -0.750. The van der Waals surface area contributed by atoms with Gasteiger partial charge in [0.05, 0.1) is 11.5 Å². The molecular weight excluding hydrogens is 318 g/mol. The van der Waals surface area contributed by atoms with Gasteiger partial charge in [0.15, 0.2) is 5.75 Å². The third-order valence-corrected chi connectivity index (χ3v) is 3.90. The van der Waals surface area contributed by atoms with Crippen molar-refractivity contribution >= 4 is 33.4 Å². The van der Waals surface area contributed by atoms with E-state index in [-0.39, 0.29) is 5.69 Å². The Labute approximate surface area is 119 Å². The first-order chi connectivity index (χ1) is 8.69. The number of halogens is 1. The maximum atomic E-state index is 10.9. The Morgan fingerprint density at radius 2 is 2.28 bits per heavy atom. The largest absolute Gasteiger partial charge is 0.487 e. The fourth-order valence-electron chi connectivity index (χ4n) is 1.40. The van der Waals surface area contributed by atoms with Crippen molar-refractivity contribution in [2.75, 3.05) is 18.1 Å². The van der Waals surface area contributed by atoms with Crippen molar-refractivity contribution in [3.05, 3.63) is 33.9 Å². The van der Waals surface area contributed by atoms with E-state index in [0.29, 0.717) is 17.7 Å². The highest BCUT2D eigenvalue weighted by atomic mass is 79.9. The maximum absolute atomic E-state index is 10.9. The number of rotatable bonds is 8. The van der Waals surface area contributed by atoms with Crippen LogP contribution < -0.4 is 4.74 Å². The molecule has 0 aliphatic rings. The zero-order chi connectivity index (χ0) is 13.4. The van der Waals surface area contributed by atoms with Crippen molar-refractivity contribution in [1.29, 1.82) is 0 Å². The Kier molecular flexibility index (Phi) is 7.12. The molecule has 0 aliphatic heterocycles. The van der Waals surface area contributed by atoms with E-state index in [0.717, 1.165) is 23.5 Å². The van der Waals surface area contributed by atoms with Gasteiger partial charge in [-0.2, -0.15) is 11.8 Å². The number of nitro groups is 1. The third-order valence-electron chi connectivity index (χ3n) is 2.27. The fraction of sp³-hybridized carbons (Fsp3) is 0.500. The molecule has 0 saturated heterocycles. The zero-order valence-corrected chi connectivity index (χ0v) is 12.6. The lowest BCUT2D eigenvalue weighted by atomic mass is 10.2. The minimum atomic E-state index is -0.401. The first-order valence-electron chi connectivity index (χ1n) is 5.72. The monoisotopic (exact) mass is 333 g/mol. The summed E-state index contributed by atoms with van der Waals surface area (Å²) < 4.78 is 5.47. The summed E-state index contributed by atoms with van der Waals surface area (Å²) in [6.07, 6.45) is 0.899. The molecule has 1 aromatic rings. The van der Waals surface area contributed by atoms with Crippen LogP contribution in [0.2, 0.25) is 0 Å². The average molecular weight is 334 g/mol. The van der Waals surface area contributed by atoms with Gasteiger partial charge in [-0.3, -0.25) is 10.1 Å². The van der Waals surface area contributed by atoms with E-state index in [9.17, 15) is 10.1 Å². The topological polar surface area (TPSA) is 52.4 Å². The van der Waals surface area contributed by atoms with Crippen LogP contribution >= 0.6 is 27.7 Å². The molecule has 18 heavy (non-hydrogen) atoms. The Balaban J connectivity index is 2.61. The lowest BCUT2D eigenvalue weighted by molar-refractivity contribution is -0.385. The summed E-state index contributed by atoms with van der Waals surface area (Å²) in [6.45, 7) is 2.62. The van der Waals surface area contributed by atoms with Crippen LogP contribution in [-0.2, 0) is 5.33 Å². The molecule has 0 atom stereocenters. The molecule has 0 bridgehead atoms. The van der Waals surface area contributed by atoms with Crippen LogP contribution in [-0.4, -0.2) is 23.0 Å². The van der Waals surface area contributed by atoms with E-state index in [1.54, 1.807) is 12.1 Å². The van der Waals surface area contributed by atoms with Crippen LogP contribution in [0.1, 0.15) is 18.9 Å². The molecule has 0 aliphatic carbocycles. The molecule has 4 nitrogen and oxygen atoms in total. The summed E-state index contributed by atoms with van der Waals surface area (Å²) in [5.74, 6) is 2.45. The van der Waals surface area contributed by atoms with Crippen molar-refractivity contribution in [3.63, 3.8) is 0 Å². The van der Waals surface area contributed by atoms with Crippen molar-refractivity contribution in [2.24, 2.45) is 0 Å². The highest BCUT2D eigenvalue weighted by Gasteiger charge is 2.15. The van der Waals surface area contributed by atoms with Gasteiger partial charge >= 0.3 is 5.69 Å². The molecule has 0 aromatic heterocycles. The van der Waals surface area contributed by atoms with Gasteiger partial charge in [0.25, 0.3) is 0 Å². The van der Waals surface area contributed by atoms with Crippen molar-refractivity contribution in [2.45, 2.75) is 18.7 Å². The van der Waals surface area contributed by atoms with Crippen LogP contribution in [0, 0.1) is 10.1 Å². The van der Waals surface area contributed by atoms with E-state index in [2.05, 4.69) is 22.9 Å². The molecule has 0 saturated carbocycles. The quantitative estimate of drug-likeness (QED) is 0.312. The lowest BCUT2D eigenvalue weighted by Crippen LogP contribution is -2.02. The van der Waals surface area contributed by atoms with Crippen LogP contribution in [0.4, 0.5) is 5.69 Å². The first-order valence-corrected chi connectivity index (χ1v) is 8.00. The van der Waals surface area contributed by atoms with Gasteiger partial charge < -0.3 is 4.74 Å². The SMILES string of the molecule is CCSCCCOc1ccc(CBr)cc1[N+](=O)[O-]. The second-order valence-electron chi connectivity index (χ2n) is 3.59. The number of alkyl halides is 1. The highest BCUT2D eigenvalue weighted by Crippen LogP contribution is 2.28. The standard InChI is InChI=1S/C12H16BrNO3S/c1-2-18-7-3-6-17-12-5-4-10(9-13)8-11(12)14(15)16/h4-5,8H,2-3,6-7,9H2,1H3. The van der Waals surface area contributed by atoms with Crippen molar-refractivity contribution in [3.8, 4) is 5.75 Å². The molecule has 1 aromatic carbocycles. The summed E-state index contributed by atoms with van der Waals surface area (Å²) in [6, 6.07) is 5.05. The molecule has 0 heterocycles. The van der Waals surface area contributed by atoms with Gasteiger partial charge in [0.2, 0.25) is 0 Å². The van der Waals surface area contributed by atoms with E-state index in [1.165, 1.54) is 0 Å². The van der Waals surface area contributed by atoms with Crippen LogP contribution in [0.3, 0.4) is 0 Å². The number of nitrogens with zero attached hydrogens (tertiary/aromatic N) is 1. The second kappa shape index (κ2) is 8.37. The number of benzene rings is 1. The van der Waals surface area contributed by atoms with E-state index >= 15 is 0 Å². The number of hydrogen-bond donors (Lipinski definition) is 0. The first kappa shape index (κ1) is 15.3. The van der Waals surface area contributed by atoms with Gasteiger partial charge in [-0.05, 0) is 29.6 Å². The Bertz CT molecular complexity index is 401. The summed E-state index contributed by atoms with van der Waals surface area (Å²) in [5, 5.41) is 11.5. The van der Waals surface area contributed by atoms with Gasteiger partial charge in [-0.1, -0.05) is 28.9 Å². The molecule has 0 spiro atoms. The summed E-state index contributed by atoms with van der Waals surface area (Å²) >= 11 is 5.12. The summed E-state index contributed by atoms with van der Waals surface area (Å²) in [4.78, 5) is 10.5. The number of nitro benzene ring substituents is 1. The minimum Gasteiger partial charge on any atom is -0.487 e. The predicted molar refractivity (Wildman–Crippen MR) is 78.8 cm³/mol. The molecule has 0 N–H and O–H groups in total. The molecule has 0 fully saturated rings. The zero-order valence-electron chi connectivity index (χ0n) is 10.2. The summed E-state index contributed by atoms with van der Waals surface area (Å²) in [7, 11) is 0. The smallest absolute Gasteiger partial charge is 0.311 e. The van der Waals surface area contributed by atoms with Crippen molar-refractivity contribution < 1.29 is 9.66 Å². The highest BCUT2D eigenvalue weighted by molar-refractivity contribution is 9.08. The second-order valence-corrected chi connectivity index (χ2v) is 5.55. The van der Waals surface area contributed by atoms with E-state index in [1.807, 2.05) is 17.8 Å². The maximum Gasteiger partial charge on any atom is 0.311 e.